The van der Waals surface area contributed by atoms with Gasteiger partial charge in [0.1, 0.15) is 11.9 Å². The number of carbonyl (C=O) groups excluding carboxylic acids is 1. The zero-order valence-corrected chi connectivity index (χ0v) is 12.8. The number of nitrogens with zero attached hydrogens (tertiary/aromatic N) is 2. The molecule has 0 saturated carbocycles. The van der Waals surface area contributed by atoms with Gasteiger partial charge in [-0.3, -0.25) is 9.78 Å². The van der Waals surface area contributed by atoms with Crippen molar-refractivity contribution in [2.45, 2.75) is 18.9 Å². The SMILES string of the molecule is O=C(CCc1cccnc1)N1CCOC(c2ccc(F)cc2)C1. The molecule has 1 fully saturated rings. The molecule has 1 saturated heterocycles. The van der Waals surface area contributed by atoms with Gasteiger partial charge in [0, 0.05) is 25.4 Å². The van der Waals surface area contributed by atoms with Gasteiger partial charge in [0.2, 0.25) is 5.91 Å². The summed E-state index contributed by atoms with van der Waals surface area (Å²) in [5, 5.41) is 0. The van der Waals surface area contributed by atoms with Gasteiger partial charge in [-0.15, -0.1) is 0 Å². The molecular weight excluding hydrogens is 295 g/mol. The summed E-state index contributed by atoms with van der Waals surface area (Å²) in [7, 11) is 0. The predicted molar refractivity (Wildman–Crippen MR) is 84.2 cm³/mol. The lowest BCUT2D eigenvalue weighted by atomic mass is 10.1. The molecule has 0 bridgehead atoms. The van der Waals surface area contributed by atoms with Crippen LogP contribution in [-0.4, -0.2) is 35.5 Å². The van der Waals surface area contributed by atoms with Crippen LogP contribution in [0.15, 0.2) is 48.8 Å². The normalized spacial score (nSPS) is 18.0. The van der Waals surface area contributed by atoms with Gasteiger partial charge in [0.05, 0.1) is 13.2 Å². The van der Waals surface area contributed by atoms with E-state index in [9.17, 15) is 9.18 Å². The molecule has 1 aliphatic rings. The Morgan fingerprint density at radius 2 is 2.13 bits per heavy atom. The molecular formula is C18H19FN2O2. The Kier molecular flexibility index (Phi) is 4.98. The Balaban J connectivity index is 1.57. The highest BCUT2D eigenvalue weighted by Crippen LogP contribution is 2.23. The van der Waals surface area contributed by atoms with Crippen LogP contribution in [0, 0.1) is 5.82 Å². The highest BCUT2D eigenvalue weighted by Gasteiger charge is 2.25. The molecule has 120 valence electrons. The monoisotopic (exact) mass is 314 g/mol. The van der Waals surface area contributed by atoms with Gasteiger partial charge < -0.3 is 9.64 Å². The molecule has 2 heterocycles. The van der Waals surface area contributed by atoms with Crippen LogP contribution in [0.25, 0.3) is 0 Å². The first-order valence-corrected chi connectivity index (χ1v) is 7.76. The standard InChI is InChI=1S/C18H19FN2O2/c19-16-6-4-15(5-7-16)17-13-21(10-11-23-17)18(22)8-3-14-2-1-9-20-12-14/h1-2,4-7,9,12,17H,3,8,10-11,13H2. The Hall–Kier alpha value is -2.27. The van der Waals surface area contributed by atoms with E-state index in [2.05, 4.69) is 4.98 Å². The third-order valence-corrected chi connectivity index (χ3v) is 4.01. The molecule has 0 N–H and O–H groups in total. The lowest BCUT2D eigenvalue weighted by Gasteiger charge is -2.33. The average Bonchev–Trinajstić information content (AvgIpc) is 2.61. The molecule has 23 heavy (non-hydrogen) atoms. The minimum Gasteiger partial charge on any atom is -0.370 e. The van der Waals surface area contributed by atoms with E-state index in [-0.39, 0.29) is 17.8 Å². The van der Waals surface area contributed by atoms with Gasteiger partial charge in [-0.2, -0.15) is 0 Å². The van der Waals surface area contributed by atoms with Crippen LogP contribution in [0.5, 0.6) is 0 Å². The van der Waals surface area contributed by atoms with Crippen molar-refractivity contribution in [3.63, 3.8) is 0 Å². The van der Waals surface area contributed by atoms with E-state index in [1.165, 1.54) is 12.1 Å². The summed E-state index contributed by atoms with van der Waals surface area (Å²) in [5.41, 5.74) is 1.96. The fourth-order valence-electron chi connectivity index (χ4n) is 2.71. The van der Waals surface area contributed by atoms with Gasteiger partial charge >= 0.3 is 0 Å². The van der Waals surface area contributed by atoms with Crippen molar-refractivity contribution in [2.75, 3.05) is 19.7 Å². The zero-order valence-electron chi connectivity index (χ0n) is 12.8. The summed E-state index contributed by atoms with van der Waals surface area (Å²) in [4.78, 5) is 18.3. The average molecular weight is 314 g/mol. The summed E-state index contributed by atoms with van der Waals surface area (Å²) < 4.78 is 18.7. The second-order valence-electron chi connectivity index (χ2n) is 5.61. The fraction of sp³-hybridized carbons (Fsp3) is 0.333. The first kappa shape index (κ1) is 15.6. The molecule has 2 aromatic rings. The van der Waals surface area contributed by atoms with E-state index in [0.29, 0.717) is 32.5 Å². The largest absolute Gasteiger partial charge is 0.370 e. The van der Waals surface area contributed by atoms with Crippen LogP contribution in [0.3, 0.4) is 0 Å². The Labute approximate surface area is 134 Å². The number of rotatable bonds is 4. The zero-order chi connectivity index (χ0) is 16.1. The lowest BCUT2D eigenvalue weighted by molar-refractivity contribution is -0.139. The van der Waals surface area contributed by atoms with Crippen LogP contribution in [0.4, 0.5) is 4.39 Å². The van der Waals surface area contributed by atoms with Crippen molar-refractivity contribution in [1.29, 1.82) is 0 Å². The lowest BCUT2D eigenvalue weighted by Crippen LogP contribution is -2.42. The number of pyridine rings is 1. The molecule has 1 amide bonds. The molecule has 0 aliphatic carbocycles. The van der Waals surface area contributed by atoms with E-state index in [1.54, 1.807) is 24.5 Å². The van der Waals surface area contributed by atoms with E-state index < -0.39 is 0 Å². The Morgan fingerprint density at radius 1 is 1.30 bits per heavy atom. The Morgan fingerprint density at radius 3 is 2.87 bits per heavy atom. The van der Waals surface area contributed by atoms with Gasteiger partial charge in [-0.1, -0.05) is 18.2 Å². The fourth-order valence-corrected chi connectivity index (χ4v) is 2.71. The highest BCUT2D eigenvalue weighted by molar-refractivity contribution is 5.76. The van der Waals surface area contributed by atoms with Crippen molar-refractivity contribution >= 4 is 5.91 Å². The summed E-state index contributed by atoms with van der Waals surface area (Å²) >= 11 is 0. The maximum absolute atomic E-state index is 13.0. The van der Waals surface area contributed by atoms with E-state index in [1.807, 2.05) is 17.0 Å². The van der Waals surface area contributed by atoms with Gasteiger partial charge in [-0.25, -0.2) is 4.39 Å². The number of benzene rings is 1. The smallest absolute Gasteiger partial charge is 0.223 e. The number of morpholine rings is 1. The first-order chi connectivity index (χ1) is 11.2. The maximum Gasteiger partial charge on any atom is 0.223 e. The van der Waals surface area contributed by atoms with Crippen molar-refractivity contribution < 1.29 is 13.9 Å². The molecule has 5 heteroatoms. The maximum atomic E-state index is 13.0. The Bertz CT molecular complexity index is 646. The van der Waals surface area contributed by atoms with E-state index in [4.69, 9.17) is 4.74 Å². The van der Waals surface area contributed by atoms with Gasteiger partial charge in [0.25, 0.3) is 0 Å². The summed E-state index contributed by atoms with van der Waals surface area (Å²) in [6.07, 6.45) is 4.47. The number of hydrogen-bond donors (Lipinski definition) is 0. The molecule has 1 unspecified atom stereocenters. The molecule has 4 nitrogen and oxygen atoms in total. The molecule has 1 aromatic carbocycles. The number of carbonyl (C=O) groups is 1. The van der Waals surface area contributed by atoms with Crippen LogP contribution < -0.4 is 0 Å². The highest BCUT2D eigenvalue weighted by atomic mass is 19.1. The van der Waals surface area contributed by atoms with Crippen molar-refractivity contribution in [2.24, 2.45) is 0 Å². The van der Waals surface area contributed by atoms with Crippen LogP contribution in [0.1, 0.15) is 23.7 Å². The third kappa shape index (κ3) is 4.13. The quantitative estimate of drug-likeness (QED) is 0.871. The van der Waals surface area contributed by atoms with Gasteiger partial charge in [-0.05, 0) is 35.7 Å². The van der Waals surface area contributed by atoms with Crippen molar-refractivity contribution in [3.05, 3.63) is 65.7 Å². The summed E-state index contributed by atoms with van der Waals surface area (Å²) in [6.45, 7) is 1.61. The number of aromatic nitrogens is 1. The van der Waals surface area contributed by atoms with Crippen LogP contribution >= 0.6 is 0 Å². The van der Waals surface area contributed by atoms with Crippen molar-refractivity contribution in [1.82, 2.24) is 9.88 Å². The molecule has 1 aromatic heterocycles. The second-order valence-corrected chi connectivity index (χ2v) is 5.61. The topological polar surface area (TPSA) is 42.4 Å². The van der Waals surface area contributed by atoms with E-state index in [0.717, 1.165) is 11.1 Å². The van der Waals surface area contributed by atoms with Crippen LogP contribution in [-0.2, 0) is 16.0 Å². The van der Waals surface area contributed by atoms with Crippen LogP contribution in [0.2, 0.25) is 0 Å². The second kappa shape index (κ2) is 7.33. The summed E-state index contributed by atoms with van der Waals surface area (Å²) in [6, 6.07) is 10.1. The number of aryl methyl sites for hydroxylation is 1. The number of amides is 1. The molecule has 3 rings (SSSR count). The van der Waals surface area contributed by atoms with E-state index >= 15 is 0 Å². The number of ether oxygens (including phenoxy) is 1. The third-order valence-electron chi connectivity index (χ3n) is 4.01. The van der Waals surface area contributed by atoms with Crippen molar-refractivity contribution in [3.8, 4) is 0 Å². The molecule has 0 radical (unpaired) electrons. The molecule has 0 spiro atoms. The molecule has 1 aliphatic heterocycles. The number of hydrogen-bond acceptors (Lipinski definition) is 3. The minimum atomic E-state index is -0.269. The number of halogens is 1. The predicted octanol–water partition coefficient (Wildman–Crippen LogP) is 2.75. The molecule has 1 atom stereocenters. The minimum absolute atomic E-state index is 0.115. The summed E-state index contributed by atoms with van der Waals surface area (Å²) in [5.74, 6) is -0.154. The first-order valence-electron chi connectivity index (χ1n) is 7.76. The van der Waals surface area contributed by atoms with Gasteiger partial charge in [0.15, 0.2) is 0 Å².